The molecular weight excluding hydrogens is 236 g/mol. The molecule has 0 aliphatic heterocycles. The van der Waals surface area contributed by atoms with E-state index in [9.17, 15) is 14.4 Å². The Morgan fingerprint density at radius 3 is 2.28 bits per heavy atom. The Hall–Kier alpha value is -2.88. The SMILES string of the molecule is N#CCNC(=O)C(=O)Nc1ccc(C(N)=O)cc1. The summed E-state index contributed by atoms with van der Waals surface area (Å²) in [7, 11) is 0. The van der Waals surface area contributed by atoms with Crippen LogP contribution >= 0.6 is 0 Å². The number of primary amides is 1. The smallest absolute Gasteiger partial charge is 0.313 e. The molecule has 3 amide bonds. The zero-order chi connectivity index (χ0) is 13.5. The topological polar surface area (TPSA) is 125 Å². The molecule has 7 nitrogen and oxygen atoms in total. The van der Waals surface area contributed by atoms with E-state index in [1.807, 2.05) is 0 Å². The van der Waals surface area contributed by atoms with Crippen LogP contribution in [0, 0.1) is 11.3 Å². The number of hydrogen-bond donors (Lipinski definition) is 3. The van der Waals surface area contributed by atoms with Gasteiger partial charge in [-0.05, 0) is 24.3 Å². The van der Waals surface area contributed by atoms with Crippen LogP contribution in [0.15, 0.2) is 24.3 Å². The Morgan fingerprint density at radius 1 is 1.17 bits per heavy atom. The maximum Gasteiger partial charge on any atom is 0.313 e. The highest BCUT2D eigenvalue weighted by Crippen LogP contribution is 2.08. The van der Waals surface area contributed by atoms with Crippen molar-refractivity contribution >= 4 is 23.4 Å². The van der Waals surface area contributed by atoms with Crippen molar-refractivity contribution in [3.8, 4) is 6.07 Å². The molecule has 1 aromatic rings. The fourth-order valence-electron chi connectivity index (χ4n) is 1.11. The molecule has 0 heterocycles. The van der Waals surface area contributed by atoms with Crippen molar-refractivity contribution in [2.24, 2.45) is 5.73 Å². The van der Waals surface area contributed by atoms with E-state index in [1.54, 1.807) is 6.07 Å². The Kier molecular flexibility index (Phi) is 4.40. The molecule has 92 valence electrons. The minimum absolute atomic E-state index is 0.243. The Bertz CT molecular complexity index is 516. The van der Waals surface area contributed by atoms with Gasteiger partial charge in [-0.25, -0.2) is 0 Å². The van der Waals surface area contributed by atoms with Gasteiger partial charge in [0.2, 0.25) is 5.91 Å². The molecule has 0 spiro atoms. The number of nitrogens with zero attached hydrogens (tertiary/aromatic N) is 1. The molecule has 1 aromatic carbocycles. The van der Waals surface area contributed by atoms with Crippen LogP contribution in [0.3, 0.4) is 0 Å². The second kappa shape index (κ2) is 6.00. The Balaban J connectivity index is 2.62. The molecule has 18 heavy (non-hydrogen) atoms. The van der Waals surface area contributed by atoms with Gasteiger partial charge in [-0.15, -0.1) is 0 Å². The molecule has 0 aliphatic carbocycles. The summed E-state index contributed by atoms with van der Waals surface area (Å²) in [4.78, 5) is 33.2. The van der Waals surface area contributed by atoms with Gasteiger partial charge in [0.1, 0.15) is 6.54 Å². The fourth-order valence-corrected chi connectivity index (χ4v) is 1.11. The summed E-state index contributed by atoms with van der Waals surface area (Å²) >= 11 is 0. The van der Waals surface area contributed by atoms with Gasteiger partial charge in [-0.2, -0.15) is 5.26 Å². The van der Waals surface area contributed by atoms with Crippen LogP contribution in [0.2, 0.25) is 0 Å². The summed E-state index contributed by atoms with van der Waals surface area (Å²) in [5.74, 6) is -2.38. The lowest BCUT2D eigenvalue weighted by molar-refractivity contribution is -0.136. The number of nitrogens with one attached hydrogen (secondary N) is 2. The number of hydrogen-bond acceptors (Lipinski definition) is 4. The molecule has 7 heteroatoms. The number of carbonyl (C=O) groups is 3. The Morgan fingerprint density at radius 2 is 1.78 bits per heavy atom. The summed E-state index contributed by atoms with van der Waals surface area (Å²) in [6.07, 6.45) is 0. The molecular formula is C11H10N4O3. The minimum atomic E-state index is -0.907. The van der Waals surface area contributed by atoms with E-state index in [0.717, 1.165) is 0 Å². The largest absolute Gasteiger partial charge is 0.366 e. The number of benzene rings is 1. The molecule has 0 bridgehead atoms. The lowest BCUT2D eigenvalue weighted by atomic mass is 10.2. The van der Waals surface area contributed by atoms with Gasteiger partial charge in [0.15, 0.2) is 0 Å². The molecule has 1 rings (SSSR count). The average Bonchev–Trinajstić information content (AvgIpc) is 2.36. The molecule has 0 radical (unpaired) electrons. The van der Waals surface area contributed by atoms with Crippen molar-refractivity contribution in [3.63, 3.8) is 0 Å². The van der Waals surface area contributed by atoms with Crippen LogP contribution in [0.25, 0.3) is 0 Å². The van der Waals surface area contributed by atoms with E-state index in [4.69, 9.17) is 11.0 Å². The van der Waals surface area contributed by atoms with Crippen LogP contribution in [0.5, 0.6) is 0 Å². The van der Waals surface area contributed by atoms with Gasteiger partial charge in [0.25, 0.3) is 0 Å². The second-order valence-electron chi connectivity index (χ2n) is 3.24. The first kappa shape index (κ1) is 13.2. The van der Waals surface area contributed by atoms with Crippen molar-refractivity contribution < 1.29 is 14.4 Å². The highest BCUT2D eigenvalue weighted by molar-refractivity contribution is 6.39. The van der Waals surface area contributed by atoms with Gasteiger partial charge in [0, 0.05) is 11.3 Å². The molecule has 4 N–H and O–H groups in total. The van der Waals surface area contributed by atoms with Crippen LogP contribution < -0.4 is 16.4 Å². The summed E-state index contributed by atoms with van der Waals surface area (Å²) in [6.45, 7) is -0.243. The third-order valence-corrected chi connectivity index (χ3v) is 1.96. The van der Waals surface area contributed by atoms with Crippen molar-refractivity contribution in [1.29, 1.82) is 5.26 Å². The molecule has 0 fully saturated rings. The standard InChI is InChI=1S/C11H10N4O3/c12-5-6-14-10(17)11(18)15-8-3-1-7(2-4-8)9(13)16/h1-4H,6H2,(H2,13,16)(H,14,17)(H,15,18). The van der Waals surface area contributed by atoms with Gasteiger partial charge in [0.05, 0.1) is 6.07 Å². The zero-order valence-electron chi connectivity index (χ0n) is 9.27. The van der Waals surface area contributed by atoms with E-state index in [0.29, 0.717) is 11.3 Å². The number of nitriles is 1. The van der Waals surface area contributed by atoms with Crippen LogP contribution in [-0.2, 0) is 9.59 Å². The minimum Gasteiger partial charge on any atom is -0.366 e. The van der Waals surface area contributed by atoms with Crippen molar-refractivity contribution in [1.82, 2.24) is 5.32 Å². The van der Waals surface area contributed by atoms with Crippen LogP contribution in [0.1, 0.15) is 10.4 Å². The van der Waals surface area contributed by atoms with Crippen molar-refractivity contribution in [3.05, 3.63) is 29.8 Å². The number of nitrogens with two attached hydrogens (primary N) is 1. The number of rotatable bonds is 3. The molecule has 0 aromatic heterocycles. The first-order valence-corrected chi connectivity index (χ1v) is 4.90. The quantitative estimate of drug-likeness (QED) is 0.484. The molecule has 0 unspecified atom stereocenters. The van der Waals surface area contributed by atoms with E-state index in [2.05, 4.69) is 10.6 Å². The maximum absolute atomic E-state index is 11.3. The normalized spacial score (nSPS) is 9.06. The number of carbonyl (C=O) groups excluding carboxylic acids is 3. The molecule has 0 atom stereocenters. The van der Waals surface area contributed by atoms with Gasteiger partial charge in [-0.3, -0.25) is 14.4 Å². The molecule has 0 saturated heterocycles. The first-order chi connectivity index (χ1) is 8.54. The van der Waals surface area contributed by atoms with Crippen LogP contribution in [-0.4, -0.2) is 24.3 Å². The van der Waals surface area contributed by atoms with Crippen molar-refractivity contribution in [2.75, 3.05) is 11.9 Å². The van der Waals surface area contributed by atoms with Gasteiger partial charge < -0.3 is 16.4 Å². The monoisotopic (exact) mass is 246 g/mol. The van der Waals surface area contributed by atoms with E-state index in [-0.39, 0.29) is 6.54 Å². The fraction of sp³-hybridized carbons (Fsp3) is 0.0909. The first-order valence-electron chi connectivity index (χ1n) is 4.90. The third kappa shape index (κ3) is 3.61. The predicted octanol–water partition coefficient (Wildman–Crippen LogP) is -0.636. The highest BCUT2D eigenvalue weighted by Gasteiger charge is 2.12. The third-order valence-electron chi connectivity index (χ3n) is 1.96. The summed E-state index contributed by atoms with van der Waals surface area (Å²) in [5, 5.41) is 12.6. The summed E-state index contributed by atoms with van der Waals surface area (Å²) in [6, 6.07) is 7.40. The molecule has 0 aliphatic rings. The number of amides is 3. The lowest BCUT2D eigenvalue weighted by Crippen LogP contribution is -2.35. The summed E-state index contributed by atoms with van der Waals surface area (Å²) < 4.78 is 0. The number of anilines is 1. The van der Waals surface area contributed by atoms with Gasteiger partial charge >= 0.3 is 11.8 Å². The molecule has 0 saturated carbocycles. The van der Waals surface area contributed by atoms with E-state index in [1.165, 1.54) is 24.3 Å². The van der Waals surface area contributed by atoms with E-state index < -0.39 is 17.7 Å². The summed E-state index contributed by atoms with van der Waals surface area (Å²) in [5.41, 5.74) is 5.69. The second-order valence-corrected chi connectivity index (χ2v) is 3.24. The van der Waals surface area contributed by atoms with Gasteiger partial charge in [-0.1, -0.05) is 0 Å². The maximum atomic E-state index is 11.3. The van der Waals surface area contributed by atoms with Crippen LogP contribution in [0.4, 0.5) is 5.69 Å². The van der Waals surface area contributed by atoms with E-state index >= 15 is 0 Å². The van der Waals surface area contributed by atoms with Crippen molar-refractivity contribution in [2.45, 2.75) is 0 Å². The highest BCUT2D eigenvalue weighted by atomic mass is 16.2. The Labute approximate surface area is 103 Å². The average molecular weight is 246 g/mol. The predicted molar refractivity (Wildman–Crippen MR) is 62.2 cm³/mol. The lowest BCUT2D eigenvalue weighted by Gasteiger charge is -2.04. The zero-order valence-corrected chi connectivity index (χ0v) is 9.27.